The number of aryl methyl sites for hydroxylation is 1. The molecule has 0 atom stereocenters. The number of nitrogen functional groups attached to an aromatic ring is 1. The van der Waals surface area contributed by atoms with Gasteiger partial charge in [0.1, 0.15) is 5.82 Å². The Morgan fingerprint density at radius 3 is 2.67 bits per heavy atom. The number of pyridine rings is 1. The van der Waals surface area contributed by atoms with Gasteiger partial charge in [0, 0.05) is 5.56 Å². The first-order valence-electron chi connectivity index (χ1n) is 3.42. The lowest BCUT2D eigenvalue weighted by Crippen LogP contribution is -2.17. The third kappa shape index (κ3) is 1.45. The minimum atomic E-state index is 0.264. The standard InChI is InChI=1S/C7H11N5/c1-4-5(7(9)12-10)2-3-6(8)11-4/h2-3H,10H2,1H3,(H2,8,11)(H2,9,12). The molecule has 0 saturated heterocycles. The van der Waals surface area contributed by atoms with E-state index in [9.17, 15) is 0 Å². The molecule has 0 aliphatic heterocycles. The highest BCUT2D eigenvalue weighted by Crippen LogP contribution is 2.06. The molecule has 0 spiro atoms. The summed E-state index contributed by atoms with van der Waals surface area (Å²) in [5.74, 6) is 5.74. The van der Waals surface area contributed by atoms with Gasteiger partial charge >= 0.3 is 0 Å². The predicted molar refractivity (Wildman–Crippen MR) is 48.3 cm³/mol. The van der Waals surface area contributed by atoms with Gasteiger partial charge in [-0.15, -0.1) is 0 Å². The highest BCUT2D eigenvalue weighted by Gasteiger charge is 2.03. The maximum atomic E-state index is 5.49. The molecule has 0 aliphatic carbocycles. The molecule has 0 fully saturated rings. The van der Waals surface area contributed by atoms with Gasteiger partial charge in [0.15, 0.2) is 5.84 Å². The number of hydrazone groups is 1. The van der Waals surface area contributed by atoms with Crippen molar-refractivity contribution in [3.8, 4) is 0 Å². The van der Waals surface area contributed by atoms with Crippen molar-refractivity contribution in [1.29, 1.82) is 0 Å². The molecule has 1 aromatic heterocycles. The first kappa shape index (κ1) is 8.32. The van der Waals surface area contributed by atoms with Crippen LogP contribution in [0.15, 0.2) is 17.2 Å². The Morgan fingerprint density at radius 1 is 1.50 bits per heavy atom. The smallest absolute Gasteiger partial charge is 0.152 e. The molecule has 0 unspecified atom stereocenters. The first-order chi connectivity index (χ1) is 5.65. The van der Waals surface area contributed by atoms with E-state index in [0.29, 0.717) is 11.4 Å². The van der Waals surface area contributed by atoms with Crippen LogP contribution >= 0.6 is 0 Å². The number of aromatic nitrogens is 1. The van der Waals surface area contributed by atoms with Crippen molar-refractivity contribution in [2.24, 2.45) is 16.7 Å². The van der Waals surface area contributed by atoms with Gasteiger partial charge in [-0.25, -0.2) is 4.98 Å². The summed E-state index contributed by atoms with van der Waals surface area (Å²) in [6.45, 7) is 1.80. The molecule has 6 N–H and O–H groups in total. The highest BCUT2D eigenvalue weighted by atomic mass is 15.2. The lowest BCUT2D eigenvalue weighted by atomic mass is 10.2. The lowest BCUT2D eigenvalue weighted by molar-refractivity contribution is 1.17. The van der Waals surface area contributed by atoms with Crippen LogP contribution in [-0.2, 0) is 0 Å². The van der Waals surface area contributed by atoms with Crippen molar-refractivity contribution in [3.05, 3.63) is 23.4 Å². The van der Waals surface area contributed by atoms with Crippen LogP contribution in [0.2, 0.25) is 0 Å². The number of nitrogens with two attached hydrogens (primary N) is 3. The van der Waals surface area contributed by atoms with Gasteiger partial charge in [0.05, 0.1) is 5.69 Å². The Hall–Kier alpha value is -1.78. The molecule has 0 radical (unpaired) electrons. The van der Waals surface area contributed by atoms with Crippen LogP contribution in [0.25, 0.3) is 0 Å². The highest BCUT2D eigenvalue weighted by molar-refractivity contribution is 5.98. The molecule has 1 aromatic rings. The van der Waals surface area contributed by atoms with Crippen LogP contribution in [0.5, 0.6) is 0 Å². The number of rotatable bonds is 1. The molecule has 1 rings (SSSR count). The summed E-state index contributed by atoms with van der Waals surface area (Å²) >= 11 is 0. The van der Waals surface area contributed by atoms with E-state index in [4.69, 9.17) is 17.3 Å². The van der Waals surface area contributed by atoms with Gasteiger partial charge < -0.3 is 17.3 Å². The number of amidine groups is 1. The SMILES string of the molecule is Cc1nc(N)ccc1/C(N)=N/N. The molecule has 1 heterocycles. The molecule has 0 amide bonds. The molecular formula is C7H11N5. The summed E-state index contributed by atoms with van der Waals surface area (Å²) < 4.78 is 0. The first-order valence-corrected chi connectivity index (χ1v) is 3.42. The minimum absolute atomic E-state index is 0.264. The second-order valence-corrected chi connectivity index (χ2v) is 2.38. The van der Waals surface area contributed by atoms with Crippen LogP contribution < -0.4 is 17.3 Å². The van der Waals surface area contributed by atoms with E-state index >= 15 is 0 Å². The fourth-order valence-corrected chi connectivity index (χ4v) is 0.921. The fourth-order valence-electron chi connectivity index (χ4n) is 0.921. The Balaban J connectivity index is 3.18. The van der Waals surface area contributed by atoms with Crippen LogP contribution in [0.1, 0.15) is 11.3 Å². The summed E-state index contributed by atoms with van der Waals surface area (Å²) in [5.41, 5.74) is 12.4. The van der Waals surface area contributed by atoms with Crippen LogP contribution in [-0.4, -0.2) is 10.8 Å². The van der Waals surface area contributed by atoms with Crippen LogP contribution in [0, 0.1) is 6.92 Å². The molecule has 5 nitrogen and oxygen atoms in total. The lowest BCUT2D eigenvalue weighted by Gasteiger charge is -2.03. The maximum absolute atomic E-state index is 5.49. The normalized spacial score (nSPS) is 11.6. The van der Waals surface area contributed by atoms with Gasteiger partial charge in [-0.1, -0.05) is 0 Å². The number of nitrogens with zero attached hydrogens (tertiary/aromatic N) is 2. The predicted octanol–water partition coefficient (Wildman–Crippen LogP) is -0.449. The molecular weight excluding hydrogens is 154 g/mol. The summed E-state index contributed by atoms with van der Waals surface area (Å²) in [4.78, 5) is 4.00. The van der Waals surface area contributed by atoms with E-state index in [1.807, 2.05) is 0 Å². The molecule has 0 aromatic carbocycles. The van der Waals surface area contributed by atoms with Gasteiger partial charge in [0.2, 0.25) is 0 Å². The van der Waals surface area contributed by atoms with Gasteiger partial charge in [-0.2, -0.15) is 5.10 Å². The Bertz CT molecular complexity index is 318. The van der Waals surface area contributed by atoms with E-state index in [0.717, 1.165) is 5.69 Å². The van der Waals surface area contributed by atoms with Crippen molar-refractivity contribution >= 4 is 11.7 Å². The van der Waals surface area contributed by atoms with Gasteiger partial charge in [-0.3, -0.25) is 0 Å². The molecule has 0 aliphatic rings. The number of hydrogen-bond acceptors (Lipinski definition) is 4. The largest absolute Gasteiger partial charge is 0.384 e. The molecule has 0 saturated carbocycles. The van der Waals surface area contributed by atoms with Crippen molar-refractivity contribution in [1.82, 2.24) is 4.98 Å². The quantitative estimate of drug-likeness (QED) is 0.227. The average Bonchev–Trinajstić information content (AvgIpc) is 2.03. The zero-order chi connectivity index (χ0) is 9.14. The third-order valence-electron chi connectivity index (χ3n) is 1.52. The third-order valence-corrected chi connectivity index (χ3v) is 1.52. The maximum Gasteiger partial charge on any atom is 0.152 e. The summed E-state index contributed by atoms with van der Waals surface area (Å²) in [5, 5.41) is 3.36. The number of anilines is 1. The van der Waals surface area contributed by atoms with E-state index in [1.165, 1.54) is 0 Å². The second-order valence-electron chi connectivity index (χ2n) is 2.38. The van der Waals surface area contributed by atoms with Crippen molar-refractivity contribution in [3.63, 3.8) is 0 Å². The Labute approximate surface area is 70.3 Å². The van der Waals surface area contributed by atoms with E-state index < -0.39 is 0 Å². The van der Waals surface area contributed by atoms with Gasteiger partial charge in [-0.05, 0) is 19.1 Å². The average molecular weight is 165 g/mol. The summed E-state index contributed by atoms with van der Waals surface area (Å²) in [6.07, 6.45) is 0. The van der Waals surface area contributed by atoms with Gasteiger partial charge in [0.25, 0.3) is 0 Å². The summed E-state index contributed by atoms with van der Waals surface area (Å²) in [7, 11) is 0. The van der Waals surface area contributed by atoms with Crippen molar-refractivity contribution < 1.29 is 0 Å². The molecule has 0 bridgehead atoms. The van der Waals surface area contributed by atoms with E-state index in [1.54, 1.807) is 19.1 Å². The summed E-state index contributed by atoms with van der Waals surface area (Å²) in [6, 6.07) is 3.39. The topological polar surface area (TPSA) is 103 Å². The Morgan fingerprint density at radius 2 is 2.17 bits per heavy atom. The second kappa shape index (κ2) is 3.08. The van der Waals surface area contributed by atoms with Crippen LogP contribution in [0.3, 0.4) is 0 Å². The minimum Gasteiger partial charge on any atom is -0.384 e. The molecule has 64 valence electrons. The molecule has 5 heteroatoms. The fraction of sp³-hybridized carbons (Fsp3) is 0.143. The zero-order valence-electron chi connectivity index (χ0n) is 6.78. The monoisotopic (exact) mass is 165 g/mol. The van der Waals surface area contributed by atoms with E-state index in [2.05, 4.69) is 10.1 Å². The van der Waals surface area contributed by atoms with E-state index in [-0.39, 0.29) is 5.84 Å². The Kier molecular flexibility index (Phi) is 2.14. The van der Waals surface area contributed by atoms with Crippen LogP contribution in [0.4, 0.5) is 5.82 Å². The zero-order valence-corrected chi connectivity index (χ0v) is 6.78. The number of hydrogen-bond donors (Lipinski definition) is 3. The molecule has 12 heavy (non-hydrogen) atoms. The van der Waals surface area contributed by atoms with Crippen molar-refractivity contribution in [2.45, 2.75) is 6.92 Å². The van der Waals surface area contributed by atoms with Crippen molar-refractivity contribution in [2.75, 3.05) is 5.73 Å².